The third kappa shape index (κ3) is 8.04. The number of carbonyl (C=O) groups excluding carboxylic acids is 1. The molecular weight excluding hydrogens is 234 g/mol. The van der Waals surface area contributed by atoms with Crippen LogP contribution in [0.3, 0.4) is 0 Å². The molecule has 0 unspecified atom stereocenters. The molecule has 0 radical (unpaired) electrons. The van der Waals surface area contributed by atoms with E-state index in [4.69, 9.17) is 4.74 Å². The summed E-state index contributed by atoms with van der Waals surface area (Å²) < 4.78 is 39.5. The number of hydrogen-bond donors (Lipinski definition) is 0. The molecule has 0 aromatic rings. The van der Waals surface area contributed by atoms with Crippen molar-refractivity contribution in [2.45, 2.75) is 45.8 Å². The molecule has 0 fully saturated rings. The number of halogens is 2. The highest BCUT2D eigenvalue weighted by atomic mass is 19.3. The van der Waals surface area contributed by atoms with Crippen LogP contribution in [0.5, 0.6) is 0 Å². The van der Waals surface area contributed by atoms with Crippen molar-refractivity contribution < 1.29 is 27.8 Å². The van der Waals surface area contributed by atoms with E-state index in [1.807, 2.05) is 6.92 Å². The second-order valence-electron chi connectivity index (χ2n) is 3.79. The number of hydrogen-bond acceptors (Lipinski definition) is 4. The maximum absolute atomic E-state index is 13.0. The Hall–Kier alpha value is -0.750. The Bertz CT molecular complexity index is 220. The molecule has 0 bridgehead atoms. The SMILES string of the molecule is CCCCOCCOC(F)(F)C(=O)OC(C)C. The standard InChI is InChI=1S/C11H20F2O4/c1-4-5-6-15-7-8-16-11(12,13)10(14)17-9(2)3/h9H,4-8H2,1-3H3. The topological polar surface area (TPSA) is 44.8 Å². The van der Waals surface area contributed by atoms with Crippen LogP contribution in [0.1, 0.15) is 33.6 Å². The van der Waals surface area contributed by atoms with Gasteiger partial charge >= 0.3 is 12.1 Å². The third-order valence-electron chi connectivity index (χ3n) is 1.73. The quantitative estimate of drug-likeness (QED) is 0.468. The van der Waals surface area contributed by atoms with Crippen molar-refractivity contribution >= 4 is 5.97 Å². The summed E-state index contributed by atoms with van der Waals surface area (Å²) in [6, 6.07) is 0. The molecule has 0 rings (SSSR count). The molecule has 0 aliphatic heterocycles. The van der Waals surface area contributed by atoms with Gasteiger partial charge in [0.05, 0.1) is 19.3 Å². The highest BCUT2D eigenvalue weighted by molar-refractivity contribution is 5.75. The molecule has 0 aliphatic rings. The molecule has 0 spiro atoms. The molecule has 17 heavy (non-hydrogen) atoms. The molecule has 0 aliphatic carbocycles. The first kappa shape index (κ1) is 16.2. The van der Waals surface area contributed by atoms with Crippen LogP contribution in [-0.2, 0) is 19.0 Å². The first-order valence-electron chi connectivity index (χ1n) is 5.70. The largest absolute Gasteiger partial charge is 0.457 e. The van der Waals surface area contributed by atoms with Gasteiger partial charge in [-0.1, -0.05) is 13.3 Å². The van der Waals surface area contributed by atoms with Crippen molar-refractivity contribution in [2.24, 2.45) is 0 Å². The van der Waals surface area contributed by atoms with Gasteiger partial charge in [0.25, 0.3) is 0 Å². The number of esters is 1. The molecule has 4 nitrogen and oxygen atoms in total. The molecule has 0 atom stereocenters. The average Bonchev–Trinajstić information content (AvgIpc) is 2.22. The van der Waals surface area contributed by atoms with Gasteiger partial charge in [-0.05, 0) is 20.3 Å². The summed E-state index contributed by atoms with van der Waals surface area (Å²) in [6.45, 7) is 5.16. The van der Waals surface area contributed by atoms with E-state index in [1.54, 1.807) is 0 Å². The molecule has 0 heterocycles. The fourth-order valence-electron chi connectivity index (χ4n) is 0.919. The molecule has 0 aromatic heterocycles. The van der Waals surface area contributed by atoms with E-state index in [9.17, 15) is 13.6 Å². The van der Waals surface area contributed by atoms with Crippen LogP contribution in [0, 0.1) is 0 Å². The summed E-state index contributed by atoms with van der Waals surface area (Å²) in [4.78, 5) is 10.9. The fraction of sp³-hybridized carbons (Fsp3) is 0.909. The number of unbranched alkanes of at least 4 members (excludes halogenated alkanes) is 1. The van der Waals surface area contributed by atoms with Gasteiger partial charge in [0, 0.05) is 6.61 Å². The predicted molar refractivity (Wildman–Crippen MR) is 57.9 cm³/mol. The van der Waals surface area contributed by atoms with E-state index in [2.05, 4.69) is 9.47 Å². The van der Waals surface area contributed by atoms with E-state index in [0.29, 0.717) is 6.61 Å². The Labute approximate surface area is 100 Å². The van der Waals surface area contributed by atoms with Gasteiger partial charge in [0.15, 0.2) is 0 Å². The summed E-state index contributed by atoms with van der Waals surface area (Å²) in [7, 11) is 0. The van der Waals surface area contributed by atoms with Crippen LogP contribution in [0.25, 0.3) is 0 Å². The van der Waals surface area contributed by atoms with Crippen LogP contribution < -0.4 is 0 Å². The maximum atomic E-state index is 13.0. The molecule has 0 aromatic carbocycles. The fourth-order valence-corrected chi connectivity index (χ4v) is 0.919. The molecule has 0 N–H and O–H groups in total. The van der Waals surface area contributed by atoms with Crippen LogP contribution in [0.4, 0.5) is 8.78 Å². The van der Waals surface area contributed by atoms with E-state index in [0.717, 1.165) is 12.8 Å². The summed E-state index contributed by atoms with van der Waals surface area (Å²) in [5.74, 6) is -1.67. The van der Waals surface area contributed by atoms with Crippen molar-refractivity contribution in [3.8, 4) is 0 Å². The first-order valence-corrected chi connectivity index (χ1v) is 5.70. The highest BCUT2D eigenvalue weighted by Gasteiger charge is 2.42. The Balaban J connectivity index is 3.73. The number of rotatable bonds is 9. The van der Waals surface area contributed by atoms with Crippen molar-refractivity contribution in [1.29, 1.82) is 0 Å². The molecule has 6 heteroatoms. The smallest absolute Gasteiger partial charge is 0.456 e. The van der Waals surface area contributed by atoms with Crippen molar-refractivity contribution in [1.82, 2.24) is 0 Å². The lowest BCUT2D eigenvalue weighted by Crippen LogP contribution is -2.36. The monoisotopic (exact) mass is 254 g/mol. The van der Waals surface area contributed by atoms with Crippen LogP contribution in [0.15, 0.2) is 0 Å². The summed E-state index contributed by atoms with van der Waals surface area (Å²) in [5.41, 5.74) is 0. The minimum atomic E-state index is -3.90. The molecule has 0 saturated heterocycles. The molecule has 102 valence electrons. The van der Waals surface area contributed by atoms with Gasteiger partial charge in [-0.25, -0.2) is 4.79 Å². The van der Waals surface area contributed by atoms with Gasteiger partial charge in [-0.15, -0.1) is 0 Å². The Morgan fingerprint density at radius 3 is 2.41 bits per heavy atom. The number of ether oxygens (including phenoxy) is 3. The van der Waals surface area contributed by atoms with Gasteiger partial charge in [0.2, 0.25) is 0 Å². The number of carbonyl (C=O) groups is 1. The zero-order valence-electron chi connectivity index (χ0n) is 10.5. The predicted octanol–water partition coefficient (Wildman–Crippen LogP) is 2.36. The molecule has 0 amide bonds. The summed E-state index contributed by atoms with van der Waals surface area (Å²) in [6.07, 6.45) is -2.67. The van der Waals surface area contributed by atoms with Crippen LogP contribution in [0.2, 0.25) is 0 Å². The zero-order valence-corrected chi connectivity index (χ0v) is 10.5. The highest BCUT2D eigenvalue weighted by Crippen LogP contribution is 2.18. The lowest BCUT2D eigenvalue weighted by atomic mass is 10.4. The van der Waals surface area contributed by atoms with Crippen molar-refractivity contribution in [2.75, 3.05) is 19.8 Å². The Kier molecular flexibility index (Phi) is 7.99. The summed E-state index contributed by atoms with van der Waals surface area (Å²) >= 11 is 0. The molecule has 0 saturated carbocycles. The minimum Gasteiger partial charge on any atom is -0.457 e. The Morgan fingerprint density at radius 2 is 1.88 bits per heavy atom. The second-order valence-corrected chi connectivity index (χ2v) is 3.79. The third-order valence-corrected chi connectivity index (χ3v) is 1.73. The second kappa shape index (κ2) is 8.36. The van der Waals surface area contributed by atoms with E-state index in [1.165, 1.54) is 13.8 Å². The van der Waals surface area contributed by atoms with Gasteiger partial charge < -0.3 is 14.2 Å². The summed E-state index contributed by atoms with van der Waals surface area (Å²) in [5, 5.41) is 0. The van der Waals surface area contributed by atoms with Crippen molar-refractivity contribution in [3.05, 3.63) is 0 Å². The van der Waals surface area contributed by atoms with Gasteiger partial charge in [0.1, 0.15) is 0 Å². The zero-order chi connectivity index (χ0) is 13.3. The maximum Gasteiger partial charge on any atom is 0.456 e. The normalized spacial score (nSPS) is 11.9. The number of alkyl halides is 2. The lowest BCUT2D eigenvalue weighted by molar-refractivity contribution is -0.255. The van der Waals surface area contributed by atoms with E-state index < -0.39 is 18.2 Å². The average molecular weight is 254 g/mol. The first-order chi connectivity index (χ1) is 7.90. The van der Waals surface area contributed by atoms with E-state index in [-0.39, 0.29) is 13.2 Å². The van der Waals surface area contributed by atoms with Gasteiger partial charge in [-0.2, -0.15) is 8.78 Å². The Morgan fingerprint density at radius 1 is 1.24 bits per heavy atom. The lowest BCUT2D eigenvalue weighted by Gasteiger charge is -2.17. The van der Waals surface area contributed by atoms with Crippen LogP contribution >= 0.6 is 0 Å². The van der Waals surface area contributed by atoms with Gasteiger partial charge in [-0.3, -0.25) is 0 Å². The minimum absolute atomic E-state index is 0.0323. The van der Waals surface area contributed by atoms with Crippen molar-refractivity contribution in [3.63, 3.8) is 0 Å². The molecular formula is C11H20F2O4. The van der Waals surface area contributed by atoms with E-state index >= 15 is 0 Å². The van der Waals surface area contributed by atoms with Crippen LogP contribution in [-0.4, -0.2) is 38.0 Å².